The summed E-state index contributed by atoms with van der Waals surface area (Å²) in [6.07, 6.45) is 88.2. The predicted octanol–water partition coefficient (Wildman–Crippen LogP) is 19.5. The molecular formula is C64H111NO3. The van der Waals surface area contributed by atoms with Gasteiger partial charge >= 0.3 is 0 Å². The number of amides is 1. The second-order valence-corrected chi connectivity index (χ2v) is 19.3. The Kier molecular flexibility index (Phi) is 55.8. The van der Waals surface area contributed by atoms with E-state index in [1.807, 2.05) is 6.08 Å². The van der Waals surface area contributed by atoms with Gasteiger partial charge in [0.15, 0.2) is 0 Å². The van der Waals surface area contributed by atoms with E-state index in [4.69, 9.17) is 0 Å². The topological polar surface area (TPSA) is 69.6 Å². The molecule has 0 saturated carbocycles. The first kappa shape index (κ1) is 65.0. The molecule has 0 aliphatic heterocycles. The van der Waals surface area contributed by atoms with Gasteiger partial charge in [0.25, 0.3) is 0 Å². The van der Waals surface area contributed by atoms with E-state index in [0.717, 1.165) is 77.0 Å². The quantitative estimate of drug-likeness (QED) is 0.0420. The van der Waals surface area contributed by atoms with Gasteiger partial charge in [0.05, 0.1) is 18.8 Å². The lowest BCUT2D eigenvalue weighted by Crippen LogP contribution is -2.45. The number of aliphatic hydroxyl groups excluding tert-OH is 2. The van der Waals surface area contributed by atoms with Crippen LogP contribution >= 0.6 is 0 Å². The van der Waals surface area contributed by atoms with Gasteiger partial charge in [0, 0.05) is 6.42 Å². The summed E-state index contributed by atoms with van der Waals surface area (Å²) in [6, 6.07) is -0.655. The first-order valence-electron chi connectivity index (χ1n) is 29.1. The van der Waals surface area contributed by atoms with Gasteiger partial charge in [-0.05, 0) is 96.3 Å². The summed E-state index contributed by atoms with van der Waals surface area (Å²) in [5, 5.41) is 23.2. The minimum absolute atomic E-state index is 0.0827. The Morgan fingerprint density at radius 1 is 0.368 bits per heavy atom. The van der Waals surface area contributed by atoms with Crippen LogP contribution in [-0.2, 0) is 4.79 Å². The van der Waals surface area contributed by atoms with Crippen molar-refractivity contribution in [1.29, 1.82) is 0 Å². The average molecular weight is 943 g/mol. The molecule has 0 heterocycles. The van der Waals surface area contributed by atoms with E-state index in [-0.39, 0.29) is 12.5 Å². The van der Waals surface area contributed by atoms with E-state index in [1.54, 1.807) is 6.08 Å². The van der Waals surface area contributed by atoms with Crippen molar-refractivity contribution in [2.45, 2.75) is 283 Å². The van der Waals surface area contributed by atoms with E-state index in [0.29, 0.717) is 6.42 Å². The molecule has 1 amide bonds. The zero-order valence-electron chi connectivity index (χ0n) is 44.8. The molecule has 4 heteroatoms. The van der Waals surface area contributed by atoms with Crippen molar-refractivity contribution in [2.75, 3.05) is 6.61 Å². The predicted molar refractivity (Wildman–Crippen MR) is 303 cm³/mol. The van der Waals surface area contributed by atoms with Crippen LogP contribution in [0.2, 0.25) is 0 Å². The van der Waals surface area contributed by atoms with Crippen molar-refractivity contribution < 1.29 is 15.0 Å². The molecule has 0 aliphatic rings. The molecule has 4 nitrogen and oxygen atoms in total. The normalized spacial score (nSPS) is 13.6. The van der Waals surface area contributed by atoms with E-state index in [9.17, 15) is 15.0 Å². The Bertz CT molecular complexity index is 1300. The molecule has 0 aromatic rings. The highest BCUT2D eigenvalue weighted by atomic mass is 16.3. The number of carbonyl (C=O) groups excluding carboxylic acids is 1. The van der Waals surface area contributed by atoms with Crippen LogP contribution in [0, 0.1) is 0 Å². The van der Waals surface area contributed by atoms with Crippen molar-refractivity contribution in [3.63, 3.8) is 0 Å². The van der Waals surface area contributed by atoms with Crippen molar-refractivity contribution in [1.82, 2.24) is 5.32 Å². The Morgan fingerprint density at radius 2 is 0.662 bits per heavy atom. The molecule has 0 aromatic heterocycles. The number of carbonyl (C=O) groups is 1. The summed E-state index contributed by atoms with van der Waals surface area (Å²) in [4.78, 5) is 12.5. The molecule has 0 fully saturated rings. The molecule has 0 aliphatic carbocycles. The molecule has 2 atom stereocenters. The van der Waals surface area contributed by atoms with Crippen LogP contribution in [0.25, 0.3) is 0 Å². The Hall–Kier alpha value is -2.95. The van der Waals surface area contributed by atoms with Crippen molar-refractivity contribution >= 4 is 5.91 Å². The lowest BCUT2D eigenvalue weighted by molar-refractivity contribution is -0.123. The van der Waals surface area contributed by atoms with Crippen LogP contribution in [-0.4, -0.2) is 34.9 Å². The minimum Gasteiger partial charge on any atom is -0.394 e. The SMILES string of the molecule is CC/C=C\C/C=C\C/C=C\C/C=C\C/C=C\C/C=C\CCCCCCCCCCCCCCC(=O)NC(CO)C(O)/C=C/CC/C=C/CC/C=C/CCCCCCCCCCCCCCCCC. The lowest BCUT2D eigenvalue weighted by atomic mass is 10.0. The Morgan fingerprint density at radius 3 is 1.03 bits per heavy atom. The fourth-order valence-electron chi connectivity index (χ4n) is 8.33. The third-order valence-electron chi connectivity index (χ3n) is 12.7. The molecule has 0 spiro atoms. The number of nitrogens with one attached hydrogen (secondary N) is 1. The Labute approximate surface area is 423 Å². The molecule has 68 heavy (non-hydrogen) atoms. The number of hydrogen-bond acceptors (Lipinski definition) is 3. The molecule has 0 aromatic carbocycles. The Balaban J connectivity index is 3.60. The van der Waals surface area contributed by atoms with E-state index in [2.05, 4.69) is 116 Å². The summed E-state index contributed by atoms with van der Waals surface area (Å²) in [7, 11) is 0. The molecule has 0 rings (SSSR count). The summed E-state index contributed by atoms with van der Waals surface area (Å²) in [5.41, 5.74) is 0. The number of allylic oxidation sites excluding steroid dienone is 17. The zero-order valence-corrected chi connectivity index (χ0v) is 44.8. The van der Waals surface area contributed by atoms with Crippen molar-refractivity contribution in [3.8, 4) is 0 Å². The number of aliphatic hydroxyl groups is 2. The van der Waals surface area contributed by atoms with E-state index >= 15 is 0 Å². The maximum Gasteiger partial charge on any atom is 0.220 e. The zero-order chi connectivity index (χ0) is 49.2. The van der Waals surface area contributed by atoms with Gasteiger partial charge in [-0.25, -0.2) is 0 Å². The highest BCUT2D eigenvalue weighted by Gasteiger charge is 2.18. The lowest BCUT2D eigenvalue weighted by Gasteiger charge is -2.19. The third kappa shape index (κ3) is 54.0. The molecule has 390 valence electrons. The van der Waals surface area contributed by atoms with Crippen LogP contribution < -0.4 is 5.32 Å². The second kappa shape index (κ2) is 58.4. The summed E-state index contributed by atoms with van der Waals surface area (Å²) in [5.74, 6) is -0.0827. The first-order chi connectivity index (χ1) is 33.7. The molecule has 0 saturated heterocycles. The molecule has 0 radical (unpaired) electrons. The van der Waals surface area contributed by atoms with Gasteiger partial charge in [-0.1, -0.05) is 277 Å². The largest absolute Gasteiger partial charge is 0.394 e. The third-order valence-corrected chi connectivity index (χ3v) is 12.7. The number of unbranched alkanes of at least 4 members (excludes halogenated alkanes) is 29. The second-order valence-electron chi connectivity index (χ2n) is 19.3. The summed E-state index contributed by atoms with van der Waals surface area (Å²) >= 11 is 0. The van der Waals surface area contributed by atoms with Gasteiger partial charge in [-0.2, -0.15) is 0 Å². The molecule has 0 bridgehead atoms. The fraction of sp³-hybridized carbons (Fsp3) is 0.703. The van der Waals surface area contributed by atoms with Crippen molar-refractivity contribution in [3.05, 3.63) is 109 Å². The number of hydrogen-bond donors (Lipinski definition) is 3. The van der Waals surface area contributed by atoms with Crippen LogP contribution in [0.3, 0.4) is 0 Å². The average Bonchev–Trinajstić information content (AvgIpc) is 3.34. The maximum atomic E-state index is 12.5. The highest BCUT2D eigenvalue weighted by molar-refractivity contribution is 5.76. The minimum atomic E-state index is -0.879. The molecule has 3 N–H and O–H groups in total. The standard InChI is InChI=1S/C64H111NO3/c1-3-5-7-9-11-13-15-17-19-21-23-25-27-29-30-31-32-33-34-36-38-40-42-44-46-48-50-52-54-56-58-60-64(68)65-62(61-66)63(67)59-57-55-53-51-49-47-45-43-41-39-37-35-28-26-24-22-20-18-16-14-12-10-8-6-4-2/h5,7,11,13,17,19,23,25,29-30,32-33,41,43,49,51,57,59,62-63,66-67H,3-4,6,8-10,12,14-16,18,20-22,24,26-28,31,34-40,42,44-48,50,52-56,58,60-61H2,1-2H3,(H,65,68)/b7-5-,13-11-,19-17-,25-23-,30-29-,33-32-,43-41+,51-49+,59-57+. The fourth-order valence-corrected chi connectivity index (χ4v) is 8.33. The van der Waals surface area contributed by atoms with Gasteiger partial charge in [0.2, 0.25) is 5.91 Å². The van der Waals surface area contributed by atoms with Crippen molar-refractivity contribution in [2.24, 2.45) is 0 Å². The van der Waals surface area contributed by atoms with Crippen LogP contribution in [0.4, 0.5) is 0 Å². The van der Waals surface area contributed by atoms with Gasteiger partial charge in [-0.15, -0.1) is 0 Å². The summed E-state index contributed by atoms with van der Waals surface area (Å²) in [6.45, 7) is 4.19. The first-order valence-corrected chi connectivity index (χ1v) is 29.1. The molecule has 2 unspecified atom stereocenters. The summed E-state index contributed by atoms with van der Waals surface area (Å²) < 4.78 is 0. The maximum absolute atomic E-state index is 12.5. The van der Waals surface area contributed by atoms with E-state index < -0.39 is 12.1 Å². The number of rotatable bonds is 52. The smallest absolute Gasteiger partial charge is 0.220 e. The monoisotopic (exact) mass is 942 g/mol. The molecular weight excluding hydrogens is 831 g/mol. The van der Waals surface area contributed by atoms with Crippen LogP contribution in [0.1, 0.15) is 271 Å². The van der Waals surface area contributed by atoms with Gasteiger partial charge < -0.3 is 15.5 Å². The van der Waals surface area contributed by atoms with Crippen LogP contribution in [0.15, 0.2) is 109 Å². The van der Waals surface area contributed by atoms with Gasteiger partial charge in [-0.3, -0.25) is 4.79 Å². The van der Waals surface area contributed by atoms with Gasteiger partial charge in [0.1, 0.15) is 0 Å². The highest BCUT2D eigenvalue weighted by Crippen LogP contribution is 2.16. The van der Waals surface area contributed by atoms with Crippen LogP contribution in [0.5, 0.6) is 0 Å². The van der Waals surface area contributed by atoms with E-state index in [1.165, 1.54) is 173 Å².